The van der Waals surface area contributed by atoms with Crippen LogP contribution in [0.3, 0.4) is 0 Å². The van der Waals surface area contributed by atoms with E-state index in [4.69, 9.17) is 14.2 Å². The van der Waals surface area contributed by atoms with Gasteiger partial charge in [0.1, 0.15) is 6.61 Å². The Labute approximate surface area is 152 Å². The molecule has 27 heavy (non-hydrogen) atoms. The van der Waals surface area contributed by atoms with Gasteiger partial charge in [0.15, 0.2) is 23.3 Å². The maximum absolute atomic E-state index is 14.3. The highest BCUT2D eigenvalue weighted by Crippen LogP contribution is 2.54. The fraction of sp³-hybridized carbons (Fsp3) is 0.588. The van der Waals surface area contributed by atoms with E-state index in [0.29, 0.717) is 6.07 Å². The topological polar surface area (TPSA) is 65.0 Å². The van der Waals surface area contributed by atoms with Crippen LogP contribution in [0.15, 0.2) is 12.1 Å². The fourth-order valence-electron chi connectivity index (χ4n) is 3.19. The standard InChI is InChI=1S/C17H19F5O5/c1-8-11(14(15(23)24)27-16(8,2)17(20,21)22)9-4-5-10(18)12(19)13(9)26-7-6-25-3/h4-5,8,11,14H,6-7H2,1-3H3,(H,23,24). The second-order valence-corrected chi connectivity index (χ2v) is 6.42. The first-order chi connectivity index (χ1) is 12.5. The minimum Gasteiger partial charge on any atom is -0.488 e. The van der Waals surface area contributed by atoms with E-state index in [9.17, 15) is 31.9 Å². The molecular weight excluding hydrogens is 379 g/mol. The first-order valence-electron chi connectivity index (χ1n) is 8.02. The normalized spacial score (nSPS) is 28.4. The SMILES string of the molecule is COCCOc1c(C2C(C(=O)O)OC(C)(C(F)(F)F)C2C)ccc(F)c1F. The Balaban J connectivity index is 2.57. The predicted molar refractivity (Wildman–Crippen MR) is 82.6 cm³/mol. The van der Waals surface area contributed by atoms with Crippen LogP contribution in [-0.4, -0.2) is 49.3 Å². The van der Waals surface area contributed by atoms with Crippen molar-refractivity contribution in [2.24, 2.45) is 5.92 Å². The minimum absolute atomic E-state index is 0.00867. The van der Waals surface area contributed by atoms with Crippen molar-refractivity contribution in [1.82, 2.24) is 0 Å². The second kappa shape index (κ2) is 7.59. The molecule has 1 aliphatic heterocycles. The summed E-state index contributed by atoms with van der Waals surface area (Å²) in [7, 11) is 1.34. The highest BCUT2D eigenvalue weighted by atomic mass is 19.4. The Hall–Kier alpha value is -1.94. The third kappa shape index (κ3) is 3.73. The van der Waals surface area contributed by atoms with Crippen LogP contribution in [0.5, 0.6) is 5.75 Å². The van der Waals surface area contributed by atoms with Crippen LogP contribution in [0.1, 0.15) is 25.3 Å². The van der Waals surface area contributed by atoms with Crippen molar-refractivity contribution in [3.05, 3.63) is 29.3 Å². The summed E-state index contributed by atoms with van der Waals surface area (Å²) in [5.74, 6) is -7.81. The van der Waals surface area contributed by atoms with Crippen molar-refractivity contribution < 1.29 is 46.1 Å². The molecule has 2 rings (SSSR count). The molecule has 0 spiro atoms. The molecule has 0 saturated carbocycles. The van der Waals surface area contributed by atoms with Gasteiger partial charge in [0.25, 0.3) is 0 Å². The molecule has 1 heterocycles. The number of alkyl halides is 3. The molecular formula is C17H19F5O5. The lowest BCUT2D eigenvalue weighted by Crippen LogP contribution is -2.47. The van der Waals surface area contributed by atoms with Gasteiger partial charge in [-0.15, -0.1) is 0 Å². The molecule has 152 valence electrons. The highest BCUT2D eigenvalue weighted by Gasteiger charge is 2.66. The third-order valence-electron chi connectivity index (χ3n) is 4.89. The smallest absolute Gasteiger partial charge is 0.417 e. The van der Waals surface area contributed by atoms with Gasteiger partial charge in [-0.05, 0) is 13.0 Å². The molecule has 1 fully saturated rings. The van der Waals surface area contributed by atoms with Crippen LogP contribution in [0.4, 0.5) is 22.0 Å². The number of halogens is 5. The van der Waals surface area contributed by atoms with Crippen molar-refractivity contribution in [3.8, 4) is 5.75 Å². The average Bonchev–Trinajstić information content (AvgIpc) is 2.85. The lowest BCUT2D eigenvalue weighted by atomic mass is 9.77. The van der Waals surface area contributed by atoms with Crippen molar-refractivity contribution in [3.63, 3.8) is 0 Å². The van der Waals surface area contributed by atoms with Gasteiger partial charge >= 0.3 is 12.1 Å². The Bertz CT molecular complexity index is 708. The molecule has 10 heteroatoms. The first kappa shape index (κ1) is 21.4. The second-order valence-electron chi connectivity index (χ2n) is 6.42. The molecule has 1 N–H and O–H groups in total. The third-order valence-corrected chi connectivity index (χ3v) is 4.89. The van der Waals surface area contributed by atoms with Gasteiger partial charge < -0.3 is 19.3 Å². The molecule has 1 aromatic rings. The average molecular weight is 398 g/mol. The van der Waals surface area contributed by atoms with E-state index < -0.39 is 53.1 Å². The van der Waals surface area contributed by atoms with E-state index in [1.807, 2.05) is 0 Å². The van der Waals surface area contributed by atoms with E-state index in [0.717, 1.165) is 19.9 Å². The van der Waals surface area contributed by atoms with Gasteiger partial charge in [-0.25, -0.2) is 9.18 Å². The predicted octanol–water partition coefficient (Wildman–Crippen LogP) is 3.51. The van der Waals surface area contributed by atoms with E-state index in [1.165, 1.54) is 7.11 Å². The molecule has 1 saturated heterocycles. The lowest BCUT2D eigenvalue weighted by Gasteiger charge is -2.32. The molecule has 0 amide bonds. The van der Waals surface area contributed by atoms with Crippen molar-refractivity contribution in [1.29, 1.82) is 0 Å². The van der Waals surface area contributed by atoms with E-state index in [-0.39, 0.29) is 18.8 Å². The number of benzene rings is 1. The number of ether oxygens (including phenoxy) is 3. The van der Waals surface area contributed by atoms with Gasteiger partial charge in [0.2, 0.25) is 5.82 Å². The summed E-state index contributed by atoms with van der Waals surface area (Å²) in [6, 6.07) is 1.73. The summed E-state index contributed by atoms with van der Waals surface area (Å²) in [5, 5.41) is 9.37. The highest BCUT2D eigenvalue weighted by molar-refractivity contribution is 5.75. The maximum atomic E-state index is 14.3. The first-order valence-corrected chi connectivity index (χ1v) is 8.02. The zero-order chi connectivity index (χ0) is 20.6. The Morgan fingerprint density at radius 1 is 1.30 bits per heavy atom. The quantitative estimate of drug-likeness (QED) is 0.587. The number of rotatable bonds is 6. The summed E-state index contributed by atoms with van der Waals surface area (Å²) < 4.78 is 83.2. The summed E-state index contributed by atoms with van der Waals surface area (Å²) in [5.41, 5.74) is -2.99. The molecule has 1 aromatic carbocycles. The van der Waals surface area contributed by atoms with Crippen molar-refractivity contribution in [2.75, 3.05) is 20.3 Å². The Morgan fingerprint density at radius 2 is 1.93 bits per heavy atom. The zero-order valence-corrected chi connectivity index (χ0v) is 14.8. The van der Waals surface area contributed by atoms with E-state index in [2.05, 4.69) is 0 Å². The minimum atomic E-state index is -4.87. The summed E-state index contributed by atoms with van der Waals surface area (Å²) in [6.07, 6.45) is -6.79. The summed E-state index contributed by atoms with van der Waals surface area (Å²) in [6.45, 7) is 1.69. The molecule has 4 unspecified atom stereocenters. The van der Waals surface area contributed by atoms with Crippen LogP contribution in [0.25, 0.3) is 0 Å². The molecule has 0 aliphatic carbocycles. The molecule has 0 aromatic heterocycles. The molecule has 5 nitrogen and oxygen atoms in total. The monoisotopic (exact) mass is 398 g/mol. The fourth-order valence-corrected chi connectivity index (χ4v) is 3.19. The Kier molecular flexibility index (Phi) is 6.00. The number of hydrogen-bond donors (Lipinski definition) is 1. The van der Waals surface area contributed by atoms with Crippen molar-refractivity contribution >= 4 is 5.97 Å². The maximum Gasteiger partial charge on any atom is 0.417 e. The van der Waals surface area contributed by atoms with Crippen LogP contribution in [0, 0.1) is 17.6 Å². The van der Waals surface area contributed by atoms with Crippen LogP contribution < -0.4 is 4.74 Å². The Morgan fingerprint density at radius 3 is 2.44 bits per heavy atom. The van der Waals surface area contributed by atoms with E-state index >= 15 is 0 Å². The number of carboxylic acids is 1. The van der Waals surface area contributed by atoms with Crippen LogP contribution in [0.2, 0.25) is 0 Å². The van der Waals surface area contributed by atoms with Gasteiger partial charge in [-0.3, -0.25) is 0 Å². The van der Waals surface area contributed by atoms with Gasteiger partial charge in [-0.2, -0.15) is 17.6 Å². The number of carboxylic acid groups (broad SMARTS) is 1. The van der Waals surface area contributed by atoms with Gasteiger partial charge in [0.05, 0.1) is 6.61 Å². The van der Waals surface area contributed by atoms with Gasteiger partial charge in [0, 0.05) is 24.5 Å². The number of hydrogen-bond acceptors (Lipinski definition) is 4. The van der Waals surface area contributed by atoms with Crippen LogP contribution >= 0.6 is 0 Å². The number of carbonyl (C=O) groups is 1. The largest absolute Gasteiger partial charge is 0.488 e. The molecule has 0 radical (unpaired) electrons. The summed E-state index contributed by atoms with van der Waals surface area (Å²) in [4.78, 5) is 11.5. The van der Waals surface area contributed by atoms with E-state index in [1.54, 1.807) is 0 Å². The van der Waals surface area contributed by atoms with Crippen LogP contribution in [-0.2, 0) is 14.3 Å². The molecule has 1 aliphatic rings. The lowest BCUT2D eigenvalue weighted by molar-refractivity contribution is -0.273. The molecule has 0 bridgehead atoms. The molecule has 4 atom stereocenters. The van der Waals surface area contributed by atoms with Crippen molar-refractivity contribution in [2.45, 2.75) is 37.6 Å². The van der Waals surface area contributed by atoms with Gasteiger partial charge in [-0.1, -0.05) is 13.0 Å². The summed E-state index contributed by atoms with van der Waals surface area (Å²) >= 11 is 0. The number of aliphatic carboxylic acids is 1. The zero-order valence-electron chi connectivity index (χ0n) is 14.8. The number of methoxy groups -OCH3 is 1.